The second-order valence-corrected chi connectivity index (χ2v) is 10.1. The zero-order valence-electron chi connectivity index (χ0n) is 19.5. The summed E-state index contributed by atoms with van der Waals surface area (Å²) < 4.78 is 27.9. The molecule has 1 unspecified atom stereocenters. The monoisotopic (exact) mass is 465 g/mol. The highest BCUT2D eigenvalue weighted by Gasteiger charge is 2.17. The Morgan fingerprint density at radius 3 is 2.18 bits per heavy atom. The van der Waals surface area contributed by atoms with Crippen LogP contribution >= 0.6 is 0 Å². The number of sulfonamides is 1. The van der Waals surface area contributed by atoms with Crippen LogP contribution in [0.15, 0.2) is 77.7 Å². The van der Waals surface area contributed by atoms with E-state index < -0.39 is 10.0 Å². The van der Waals surface area contributed by atoms with Crippen LogP contribution in [0, 0.1) is 13.8 Å². The number of benzene rings is 3. The van der Waals surface area contributed by atoms with Gasteiger partial charge < -0.3 is 10.2 Å². The number of carbonyl (C=O) groups is 1. The lowest BCUT2D eigenvalue weighted by Gasteiger charge is -2.24. The molecule has 1 amide bonds. The Labute approximate surface area is 196 Å². The molecule has 0 saturated heterocycles. The van der Waals surface area contributed by atoms with Crippen LogP contribution in [0.5, 0.6) is 0 Å². The highest BCUT2D eigenvalue weighted by atomic mass is 32.2. The van der Waals surface area contributed by atoms with Crippen LogP contribution in [0.1, 0.15) is 27.0 Å². The summed E-state index contributed by atoms with van der Waals surface area (Å²) in [6.07, 6.45) is 0.827. The number of anilines is 1. The van der Waals surface area contributed by atoms with E-state index in [0.717, 1.165) is 17.5 Å². The molecule has 0 heterocycles. The second kappa shape index (κ2) is 10.6. The van der Waals surface area contributed by atoms with Crippen molar-refractivity contribution in [3.05, 3.63) is 95.1 Å². The normalized spacial score (nSPS) is 12.4. The first-order valence-electron chi connectivity index (χ1n) is 10.8. The van der Waals surface area contributed by atoms with E-state index in [1.54, 1.807) is 42.5 Å². The van der Waals surface area contributed by atoms with Crippen molar-refractivity contribution in [2.75, 3.05) is 25.4 Å². The molecule has 1 atom stereocenters. The largest absolute Gasteiger partial charge is 0.350 e. The molecule has 3 aromatic rings. The van der Waals surface area contributed by atoms with Gasteiger partial charge in [-0.2, -0.15) is 0 Å². The van der Waals surface area contributed by atoms with Crippen LogP contribution in [-0.2, 0) is 16.4 Å². The number of rotatable bonds is 9. The van der Waals surface area contributed by atoms with E-state index in [9.17, 15) is 13.2 Å². The molecular formula is C26H31N3O3S. The van der Waals surface area contributed by atoms with Crippen LogP contribution < -0.4 is 10.0 Å². The van der Waals surface area contributed by atoms with Gasteiger partial charge in [-0.05, 0) is 87.5 Å². The number of nitrogens with zero attached hydrogens (tertiary/aromatic N) is 1. The topological polar surface area (TPSA) is 78.5 Å². The Hall–Kier alpha value is -3.16. The minimum atomic E-state index is -3.70. The standard InChI is InChI=1S/C26H31N3O3S/c1-19-10-15-25(16-20(19)2)33(31,32)28-23-13-11-22(12-14-23)26(30)27-18-24(29(3)4)17-21-8-6-5-7-9-21/h5-16,24,28H,17-18H2,1-4H3,(H,27,30). The van der Waals surface area contributed by atoms with Crippen molar-refractivity contribution in [3.63, 3.8) is 0 Å². The molecule has 0 aliphatic heterocycles. The number of likely N-dealkylation sites (N-methyl/N-ethyl adjacent to an activating group) is 1. The van der Waals surface area contributed by atoms with E-state index >= 15 is 0 Å². The van der Waals surface area contributed by atoms with E-state index in [1.165, 1.54) is 5.56 Å². The third kappa shape index (κ3) is 6.66. The van der Waals surface area contributed by atoms with Gasteiger partial charge in [0.1, 0.15) is 0 Å². The first-order valence-corrected chi connectivity index (χ1v) is 12.3. The average molecular weight is 466 g/mol. The van der Waals surface area contributed by atoms with Gasteiger partial charge in [0.15, 0.2) is 0 Å². The van der Waals surface area contributed by atoms with Gasteiger partial charge in [0.25, 0.3) is 15.9 Å². The summed E-state index contributed by atoms with van der Waals surface area (Å²) >= 11 is 0. The number of hydrogen-bond acceptors (Lipinski definition) is 4. The molecule has 6 nitrogen and oxygen atoms in total. The summed E-state index contributed by atoms with van der Waals surface area (Å²) in [5.41, 5.74) is 4.03. The van der Waals surface area contributed by atoms with Crippen molar-refractivity contribution in [1.82, 2.24) is 10.2 Å². The van der Waals surface area contributed by atoms with E-state index in [4.69, 9.17) is 0 Å². The molecule has 0 fully saturated rings. The molecule has 2 N–H and O–H groups in total. The van der Waals surface area contributed by atoms with Crippen molar-refractivity contribution in [2.45, 2.75) is 31.2 Å². The third-order valence-corrected chi connectivity index (χ3v) is 7.11. The molecule has 0 spiro atoms. The Bertz CT molecular complexity index is 1190. The molecule has 0 aliphatic rings. The number of amides is 1. The zero-order chi connectivity index (χ0) is 24.0. The van der Waals surface area contributed by atoms with Gasteiger partial charge in [-0.25, -0.2) is 8.42 Å². The van der Waals surface area contributed by atoms with Crippen LogP contribution in [0.2, 0.25) is 0 Å². The first kappa shape index (κ1) is 24.5. The summed E-state index contributed by atoms with van der Waals surface area (Å²) in [6, 6.07) is 21.8. The molecular weight excluding hydrogens is 434 g/mol. The van der Waals surface area contributed by atoms with Crippen LogP contribution in [-0.4, -0.2) is 45.9 Å². The molecule has 0 aliphatic carbocycles. The van der Waals surface area contributed by atoms with E-state index in [1.807, 2.05) is 46.1 Å². The van der Waals surface area contributed by atoms with Crippen molar-refractivity contribution < 1.29 is 13.2 Å². The number of nitrogens with one attached hydrogen (secondary N) is 2. The molecule has 3 rings (SSSR count). The SMILES string of the molecule is Cc1ccc(S(=O)(=O)Nc2ccc(C(=O)NCC(Cc3ccccc3)N(C)C)cc2)cc1C. The Morgan fingerprint density at radius 1 is 0.909 bits per heavy atom. The molecule has 0 radical (unpaired) electrons. The smallest absolute Gasteiger partial charge is 0.261 e. The summed E-state index contributed by atoms with van der Waals surface area (Å²) in [5.74, 6) is -0.196. The molecule has 3 aromatic carbocycles. The summed E-state index contributed by atoms with van der Waals surface area (Å²) in [6.45, 7) is 4.32. The van der Waals surface area contributed by atoms with Gasteiger partial charge in [0.2, 0.25) is 0 Å². The van der Waals surface area contributed by atoms with Gasteiger partial charge in [0.05, 0.1) is 4.90 Å². The average Bonchev–Trinajstić information content (AvgIpc) is 2.79. The second-order valence-electron chi connectivity index (χ2n) is 8.45. The minimum absolute atomic E-state index is 0.153. The van der Waals surface area contributed by atoms with Crippen molar-refractivity contribution >= 4 is 21.6 Å². The maximum atomic E-state index is 12.7. The Balaban J connectivity index is 1.61. The lowest BCUT2D eigenvalue weighted by molar-refractivity contribution is 0.0941. The van der Waals surface area contributed by atoms with Gasteiger partial charge in [-0.1, -0.05) is 36.4 Å². The maximum Gasteiger partial charge on any atom is 0.261 e. The van der Waals surface area contributed by atoms with Gasteiger partial charge in [-0.15, -0.1) is 0 Å². The highest BCUT2D eigenvalue weighted by Crippen LogP contribution is 2.19. The number of hydrogen-bond donors (Lipinski definition) is 2. The molecule has 33 heavy (non-hydrogen) atoms. The summed E-state index contributed by atoms with van der Waals surface area (Å²) in [7, 11) is 0.290. The van der Waals surface area contributed by atoms with Crippen LogP contribution in [0.25, 0.3) is 0 Å². The van der Waals surface area contributed by atoms with Gasteiger partial charge in [-0.3, -0.25) is 9.52 Å². The number of aryl methyl sites for hydroxylation is 2. The molecule has 7 heteroatoms. The fourth-order valence-corrected chi connectivity index (χ4v) is 4.56. The van der Waals surface area contributed by atoms with E-state index in [2.05, 4.69) is 27.1 Å². The van der Waals surface area contributed by atoms with Crippen molar-refractivity contribution in [2.24, 2.45) is 0 Å². The maximum absolute atomic E-state index is 12.7. The van der Waals surface area contributed by atoms with Gasteiger partial charge in [0, 0.05) is 23.8 Å². The molecule has 0 bridgehead atoms. The third-order valence-electron chi connectivity index (χ3n) is 5.73. The fourth-order valence-electron chi connectivity index (χ4n) is 3.42. The molecule has 0 saturated carbocycles. The van der Waals surface area contributed by atoms with E-state index in [0.29, 0.717) is 17.8 Å². The number of carbonyl (C=O) groups excluding carboxylic acids is 1. The summed E-state index contributed by atoms with van der Waals surface area (Å²) in [4.78, 5) is 14.9. The zero-order valence-corrected chi connectivity index (χ0v) is 20.3. The van der Waals surface area contributed by atoms with E-state index in [-0.39, 0.29) is 16.8 Å². The predicted octanol–water partition coefficient (Wildman–Crippen LogP) is 4.01. The first-order chi connectivity index (χ1) is 15.7. The lowest BCUT2D eigenvalue weighted by Crippen LogP contribution is -2.41. The van der Waals surface area contributed by atoms with Crippen molar-refractivity contribution in [3.8, 4) is 0 Å². The van der Waals surface area contributed by atoms with Crippen molar-refractivity contribution in [1.29, 1.82) is 0 Å². The predicted molar refractivity (Wildman–Crippen MR) is 133 cm³/mol. The van der Waals surface area contributed by atoms with Gasteiger partial charge >= 0.3 is 0 Å². The summed E-state index contributed by atoms with van der Waals surface area (Å²) in [5, 5.41) is 2.99. The minimum Gasteiger partial charge on any atom is -0.350 e. The van der Waals surface area contributed by atoms with Crippen LogP contribution in [0.3, 0.4) is 0 Å². The molecule has 0 aromatic heterocycles. The highest BCUT2D eigenvalue weighted by molar-refractivity contribution is 7.92. The van der Waals surface area contributed by atoms with Crippen LogP contribution in [0.4, 0.5) is 5.69 Å². The lowest BCUT2D eigenvalue weighted by atomic mass is 10.0. The Kier molecular flexibility index (Phi) is 7.89. The fraction of sp³-hybridized carbons (Fsp3) is 0.269. The molecule has 174 valence electrons. The quantitative estimate of drug-likeness (QED) is 0.501. The Morgan fingerprint density at radius 2 is 1.58 bits per heavy atom.